The molecule has 2 atom stereocenters. The Labute approximate surface area is 124 Å². The van der Waals surface area contributed by atoms with Crippen molar-refractivity contribution >= 4 is 23.2 Å². The molecule has 0 saturated carbocycles. The average molecular weight is 294 g/mol. The second-order valence-electron chi connectivity index (χ2n) is 5.88. The lowest BCUT2D eigenvalue weighted by molar-refractivity contribution is -0.0559. The summed E-state index contributed by atoms with van der Waals surface area (Å²) in [6.45, 7) is 4.97. The van der Waals surface area contributed by atoms with Gasteiger partial charge in [-0.15, -0.1) is 0 Å². The number of aliphatic imine (C=N–C) groups is 1. The molecule has 2 aliphatic rings. The van der Waals surface area contributed by atoms with Gasteiger partial charge in [-0.25, -0.2) is 0 Å². The molecule has 5 heteroatoms. The molecular weight excluding hydrogens is 274 g/mol. The maximum absolute atomic E-state index is 6.15. The molecule has 0 bridgehead atoms. The van der Waals surface area contributed by atoms with Gasteiger partial charge in [0.25, 0.3) is 0 Å². The highest BCUT2D eigenvalue weighted by molar-refractivity contribution is 6.30. The van der Waals surface area contributed by atoms with Crippen LogP contribution in [0.15, 0.2) is 29.3 Å². The molecule has 108 valence electrons. The maximum Gasteiger partial charge on any atom is 0.196 e. The number of anilines is 1. The third-order valence-electron chi connectivity index (χ3n) is 4.12. The Morgan fingerprint density at radius 3 is 2.45 bits per heavy atom. The highest BCUT2D eigenvalue weighted by atomic mass is 35.5. The highest BCUT2D eigenvalue weighted by Gasteiger charge is 2.47. The Hall–Kier alpha value is -1.26. The molecule has 4 nitrogen and oxygen atoms in total. The third-order valence-corrected chi connectivity index (χ3v) is 4.38. The van der Waals surface area contributed by atoms with E-state index in [0.29, 0.717) is 5.96 Å². The Morgan fingerprint density at radius 1 is 1.25 bits per heavy atom. The number of ether oxygens (including phenoxy) is 1. The fourth-order valence-electron chi connectivity index (χ4n) is 3.57. The van der Waals surface area contributed by atoms with Gasteiger partial charge < -0.3 is 15.4 Å². The fraction of sp³-hybridized carbons (Fsp3) is 0.533. The van der Waals surface area contributed by atoms with Crippen molar-refractivity contribution in [3.05, 3.63) is 29.3 Å². The van der Waals surface area contributed by atoms with E-state index in [1.54, 1.807) is 0 Å². The van der Waals surface area contributed by atoms with Crippen molar-refractivity contribution in [1.82, 2.24) is 0 Å². The molecule has 1 aromatic rings. The quantitative estimate of drug-likeness (QED) is 0.866. The van der Waals surface area contributed by atoms with E-state index in [1.165, 1.54) is 0 Å². The zero-order chi connectivity index (χ0) is 14.3. The summed E-state index contributed by atoms with van der Waals surface area (Å²) >= 11 is 5.98. The first kappa shape index (κ1) is 13.7. The lowest BCUT2D eigenvalue weighted by Crippen LogP contribution is -2.57. The van der Waals surface area contributed by atoms with Crippen LogP contribution in [0, 0.1) is 0 Å². The highest BCUT2D eigenvalue weighted by Crippen LogP contribution is 2.40. The second-order valence-corrected chi connectivity index (χ2v) is 6.31. The van der Waals surface area contributed by atoms with Crippen LogP contribution in [0.3, 0.4) is 0 Å². The van der Waals surface area contributed by atoms with E-state index in [1.807, 2.05) is 24.3 Å². The fourth-order valence-corrected chi connectivity index (χ4v) is 3.69. The van der Waals surface area contributed by atoms with Gasteiger partial charge in [0.05, 0.1) is 24.3 Å². The Balaban J connectivity index is 1.97. The van der Waals surface area contributed by atoms with Crippen LogP contribution in [0.1, 0.15) is 26.7 Å². The van der Waals surface area contributed by atoms with Crippen molar-refractivity contribution in [2.45, 2.75) is 44.4 Å². The minimum absolute atomic E-state index is 0.0605. The molecule has 3 rings (SSSR count). The summed E-state index contributed by atoms with van der Waals surface area (Å²) in [5.74, 6) is 0.591. The van der Waals surface area contributed by atoms with Gasteiger partial charge in [0, 0.05) is 10.7 Å². The minimum Gasteiger partial charge on any atom is -0.375 e. The lowest BCUT2D eigenvalue weighted by Gasteiger charge is -2.46. The number of hydrogen-bond donors (Lipinski definition) is 1. The summed E-state index contributed by atoms with van der Waals surface area (Å²) in [6.07, 6.45) is 2.30. The predicted molar refractivity (Wildman–Crippen MR) is 82.4 cm³/mol. The first-order chi connectivity index (χ1) is 9.50. The normalized spacial score (nSPS) is 33.5. The van der Waals surface area contributed by atoms with E-state index in [-0.39, 0.29) is 17.7 Å². The summed E-state index contributed by atoms with van der Waals surface area (Å²) in [6, 6.07) is 7.79. The largest absolute Gasteiger partial charge is 0.375 e. The van der Waals surface area contributed by atoms with Crippen LogP contribution in [0.4, 0.5) is 5.69 Å². The second kappa shape index (κ2) is 4.93. The minimum atomic E-state index is -0.0605. The molecule has 1 fully saturated rings. The average Bonchev–Trinajstić information content (AvgIpc) is 2.66. The molecule has 20 heavy (non-hydrogen) atoms. The van der Waals surface area contributed by atoms with E-state index in [2.05, 4.69) is 23.7 Å². The molecule has 2 N–H and O–H groups in total. The number of benzene rings is 1. The number of guanidine groups is 1. The molecule has 0 amide bonds. The monoisotopic (exact) mass is 293 g/mol. The van der Waals surface area contributed by atoms with Crippen LogP contribution in [0.25, 0.3) is 0 Å². The van der Waals surface area contributed by atoms with Crippen molar-refractivity contribution in [3.8, 4) is 0 Å². The van der Waals surface area contributed by atoms with Crippen LogP contribution in [0.5, 0.6) is 0 Å². The zero-order valence-electron chi connectivity index (χ0n) is 11.8. The first-order valence-electron chi connectivity index (χ1n) is 7.01. The number of hydrogen-bond acceptors (Lipinski definition) is 4. The van der Waals surface area contributed by atoms with Crippen molar-refractivity contribution < 1.29 is 4.74 Å². The van der Waals surface area contributed by atoms with Gasteiger partial charge in [-0.3, -0.25) is 4.99 Å². The first-order valence-corrected chi connectivity index (χ1v) is 7.39. The SMILES string of the molecule is CC1CC2(CN=C(N)N2c2ccc(Cl)cc2)CC(C)O1. The van der Waals surface area contributed by atoms with Crippen LogP contribution >= 0.6 is 11.6 Å². The molecule has 0 aliphatic carbocycles. The summed E-state index contributed by atoms with van der Waals surface area (Å²) in [4.78, 5) is 6.66. The summed E-state index contributed by atoms with van der Waals surface area (Å²) in [7, 11) is 0. The van der Waals surface area contributed by atoms with Gasteiger partial charge in [0.2, 0.25) is 0 Å². The summed E-state index contributed by atoms with van der Waals surface area (Å²) in [5, 5.41) is 0.728. The van der Waals surface area contributed by atoms with E-state index in [0.717, 1.165) is 30.1 Å². The van der Waals surface area contributed by atoms with Gasteiger partial charge in [0.1, 0.15) is 0 Å². The lowest BCUT2D eigenvalue weighted by atomic mass is 9.83. The van der Waals surface area contributed by atoms with Gasteiger partial charge in [-0.2, -0.15) is 0 Å². The van der Waals surface area contributed by atoms with Gasteiger partial charge in [0.15, 0.2) is 5.96 Å². The molecule has 1 aromatic carbocycles. The van der Waals surface area contributed by atoms with Crippen LogP contribution < -0.4 is 10.6 Å². The molecule has 1 saturated heterocycles. The number of halogens is 1. The van der Waals surface area contributed by atoms with Gasteiger partial charge in [-0.05, 0) is 51.0 Å². The molecule has 1 spiro atoms. The topological polar surface area (TPSA) is 50.8 Å². The van der Waals surface area contributed by atoms with Crippen molar-refractivity contribution in [3.63, 3.8) is 0 Å². The number of nitrogens with two attached hydrogens (primary N) is 1. The Kier molecular flexibility index (Phi) is 3.38. The van der Waals surface area contributed by atoms with Gasteiger partial charge >= 0.3 is 0 Å². The van der Waals surface area contributed by atoms with Crippen LogP contribution in [-0.2, 0) is 4.74 Å². The van der Waals surface area contributed by atoms with E-state index >= 15 is 0 Å². The third kappa shape index (κ3) is 2.27. The van der Waals surface area contributed by atoms with Crippen molar-refractivity contribution in [2.24, 2.45) is 10.7 Å². The summed E-state index contributed by atoms with van der Waals surface area (Å²) < 4.78 is 5.87. The van der Waals surface area contributed by atoms with Crippen molar-refractivity contribution in [1.29, 1.82) is 0 Å². The molecular formula is C15H20ClN3O. The van der Waals surface area contributed by atoms with Gasteiger partial charge in [-0.1, -0.05) is 11.6 Å². The van der Waals surface area contributed by atoms with E-state index < -0.39 is 0 Å². The molecule has 0 radical (unpaired) electrons. The summed E-state index contributed by atoms with van der Waals surface area (Å²) in [5.41, 5.74) is 7.14. The Bertz CT molecular complexity index is 518. The zero-order valence-corrected chi connectivity index (χ0v) is 12.6. The Morgan fingerprint density at radius 2 is 1.85 bits per heavy atom. The van der Waals surface area contributed by atoms with E-state index in [9.17, 15) is 0 Å². The van der Waals surface area contributed by atoms with Crippen LogP contribution in [-0.4, -0.2) is 30.3 Å². The molecule has 2 aliphatic heterocycles. The standard InChI is InChI=1S/C15H20ClN3O/c1-10-7-15(8-11(2)20-10)9-18-14(17)19(15)13-5-3-12(16)4-6-13/h3-6,10-11H,7-9H2,1-2H3,(H2,17,18). The van der Waals surface area contributed by atoms with E-state index in [4.69, 9.17) is 22.1 Å². The predicted octanol–water partition coefficient (Wildman–Crippen LogP) is 2.80. The molecule has 2 heterocycles. The maximum atomic E-state index is 6.15. The van der Waals surface area contributed by atoms with Crippen LogP contribution in [0.2, 0.25) is 5.02 Å². The number of nitrogens with zero attached hydrogens (tertiary/aromatic N) is 2. The smallest absolute Gasteiger partial charge is 0.196 e. The number of rotatable bonds is 1. The van der Waals surface area contributed by atoms with Crippen molar-refractivity contribution in [2.75, 3.05) is 11.4 Å². The molecule has 0 aromatic heterocycles. The molecule has 2 unspecified atom stereocenters.